The van der Waals surface area contributed by atoms with Crippen molar-refractivity contribution in [3.05, 3.63) is 29.8 Å². The molecule has 0 aliphatic rings. The standard InChI is InChI=1S/C7H9NO8P2/c9-7(10)5-1-3-6(4-2-5)8(17(11,12)13)18(14,15)16/h1-4H,(H,9,10)(H2,11,12,13)(H2,14,15,16). The van der Waals surface area contributed by atoms with Gasteiger partial charge in [0.25, 0.3) is 0 Å². The van der Waals surface area contributed by atoms with Crippen molar-refractivity contribution in [2.75, 3.05) is 4.44 Å². The van der Waals surface area contributed by atoms with E-state index in [4.69, 9.17) is 24.7 Å². The van der Waals surface area contributed by atoms with Crippen molar-refractivity contribution in [1.82, 2.24) is 0 Å². The molecule has 0 amide bonds. The van der Waals surface area contributed by atoms with Crippen LogP contribution in [0, 0.1) is 0 Å². The SMILES string of the molecule is O=C(O)c1ccc(N(P(=O)(O)O)P(=O)(O)O)cc1. The summed E-state index contributed by atoms with van der Waals surface area (Å²) in [6, 6.07) is 3.72. The van der Waals surface area contributed by atoms with Gasteiger partial charge < -0.3 is 24.7 Å². The molecule has 0 unspecified atom stereocenters. The van der Waals surface area contributed by atoms with Gasteiger partial charge in [0.05, 0.1) is 11.3 Å². The maximum atomic E-state index is 11.0. The first-order chi connectivity index (χ1) is 8.03. The zero-order valence-corrected chi connectivity index (χ0v) is 10.4. The Balaban J connectivity index is 3.28. The summed E-state index contributed by atoms with van der Waals surface area (Å²) in [5.41, 5.74) is -0.670. The molecule has 0 spiro atoms. The number of carboxylic acid groups (broad SMARTS) is 1. The molecule has 0 heterocycles. The first-order valence-electron chi connectivity index (χ1n) is 4.29. The molecule has 18 heavy (non-hydrogen) atoms. The van der Waals surface area contributed by atoms with E-state index < -0.39 is 27.1 Å². The van der Waals surface area contributed by atoms with Crippen molar-refractivity contribution >= 4 is 27.1 Å². The molecule has 0 bridgehead atoms. The average molecular weight is 297 g/mol. The topological polar surface area (TPSA) is 156 Å². The molecule has 0 aliphatic heterocycles. The van der Waals surface area contributed by atoms with E-state index in [1.54, 1.807) is 0 Å². The Morgan fingerprint density at radius 2 is 1.33 bits per heavy atom. The van der Waals surface area contributed by atoms with Crippen molar-refractivity contribution in [3.63, 3.8) is 0 Å². The molecular weight excluding hydrogens is 288 g/mol. The summed E-state index contributed by atoms with van der Waals surface area (Å²) in [6.45, 7) is 0. The van der Waals surface area contributed by atoms with Gasteiger partial charge in [0, 0.05) is 0 Å². The van der Waals surface area contributed by atoms with E-state index in [0.717, 1.165) is 24.3 Å². The van der Waals surface area contributed by atoms with Gasteiger partial charge >= 0.3 is 21.5 Å². The van der Waals surface area contributed by atoms with E-state index in [0.29, 0.717) is 0 Å². The van der Waals surface area contributed by atoms with Crippen molar-refractivity contribution in [2.45, 2.75) is 0 Å². The predicted molar refractivity (Wildman–Crippen MR) is 60.0 cm³/mol. The van der Waals surface area contributed by atoms with Gasteiger partial charge in [-0.3, -0.25) is 0 Å². The Hall–Kier alpha value is -1.21. The van der Waals surface area contributed by atoms with Crippen molar-refractivity contribution in [2.24, 2.45) is 0 Å². The highest BCUT2D eigenvalue weighted by atomic mass is 31.3. The van der Waals surface area contributed by atoms with Crippen LogP contribution < -0.4 is 4.44 Å². The quantitative estimate of drug-likeness (QED) is 0.495. The van der Waals surface area contributed by atoms with E-state index in [-0.39, 0.29) is 10.0 Å². The molecule has 9 nitrogen and oxygen atoms in total. The molecule has 11 heteroatoms. The zero-order valence-electron chi connectivity index (χ0n) is 8.61. The van der Waals surface area contributed by atoms with Crippen LogP contribution in [0.15, 0.2) is 24.3 Å². The summed E-state index contributed by atoms with van der Waals surface area (Å²) in [7, 11) is -10.5. The lowest BCUT2D eigenvalue weighted by Crippen LogP contribution is -2.15. The third-order valence-corrected chi connectivity index (χ3v) is 4.69. The fraction of sp³-hybridized carbons (Fsp3) is 0. The number of hydrogen-bond acceptors (Lipinski definition) is 3. The first kappa shape index (κ1) is 14.8. The molecule has 0 fully saturated rings. The van der Waals surface area contributed by atoms with Crippen LogP contribution in [0.3, 0.4) is 0 Å². The maximum absolute atomic E-state index is 11.0. The molecule has 0 saturated heterocycles. The molecule has 1 rings (SSSR count). The molecule has 0 atom stereocenters. The Bertz CT molecular complexity index is 521. The van der Waals surface area contributed by atoms with E-state index in [2.05, 4.69) is 0 Å². The minimum absolute atomic E-state index is 0.185. The fourth-order valence-corrected chi connectivity index (χ4v) is 3.27. The second kappa shape index (κ2) is 4.81. The van der Waals surface area contributed by atoms with E-state index >= 15 is 0 Å². The molecule has 1 aromatic rings. The van der Waals surface area contributed by atoms with Crippen molar-refractivity contribution in [3.8, 4) is 0 Å². The Morgan fingerprint density at radius 1 is 0.944 bits per heavy atom. The second-order valence-electron chi connectivity index (χ2n) is 3.17. The molecule has 0 aliphatic carbocycles. The van der Waals surface area contributed by atoms with Crippen LogP contribution in [0.1, 0.15) is 10.4 Å². The number of nitrogens with zero attached hydrogens (tertiary/aromatic N) is 1. The molecule has 100 valence electrons. The van der Waals surface area contributed by atoms with Crippen LogP contribution in [-0.2, 0) is 9.13 Å². The van der Waals surface area contributed by atoms with Crippen molar-refractivity contribution < 1.29 is 38.6 Å². The van der Waals surface area contributed by atoms with Crippen molar-refractivity contribution in [1.29, 1.82) is 0 Å². The first-order valence-corrected chi connectivity index (χ1v) is 7.42. The van der Waals surface area contributed by atoms with Gasteiger partial charge in [-0.2, -0.15) is 4.44 Å². The fourth-order valence-electron chi connectivity index (χ4n) is 1.19. The number of aromatic carboxylic acids is 1. The highest BCUT2D eigenvalue weighted by Crippen LogP contribution is 2.60. The number of carbonyl (C=O) groups is 1. The van der Waals surface area contributed by atoms with Gasteiger partial charge in [0.1, 0.15) is 0 Å². The predicted octanol–water partition coefficient (Wildman–Crippen LogP) is 0.377. The summed E-state index contributed by atoms with van der Waals surface area (Å²) in [5.74, 6) is -1.28. The summed E-state index contributed by atoms with van der Waals surface area (Å²) in [6.07, 6.45) is 0. The van der Waals surface area contributed by atoms with Gasteiger partial charge in [-0.1, -0.05) is 0 Å². The summed E-state index contributed by atoms with van der Waals surface area (Å²) >= 11 is 0. The lowest BCUT2D eigenvalue weighted by molar-refractivity contribution is 0.0697. The number of rotatable bonds is 4. The monoisotopic (exact) mass is 297 g/mol. The Morgan fingerprint density at radius 3 is 1.61 bits per heavy atom. The maximum Gasteiger partial charge on any atom is 0.439 e. The second-order valence-corrected chi connectivity index (χ2v) is 6.34. The third-order valence-electron chi connectivity index (χ3n) is 1.84. The number of anilines is 1. The zero-order chi connectivity index (χ0) is 14.1. The van der Waals surface area contributed by atoms with Crippen LogP contribution in [0.25, 0.3) is 0 Å². The van der Waals surface area contributed by atoms with Crippen LogP contribution in [0.5, 0.6) is 0 Å². The van der Waals surface area contributed by atoms with Crippen LogP contribution in [0.2, 0.25) is 0 Å². The van der Waals surface area contributed by atoms with Crippen LogP contribution >= 0.6 is 15.5 Å². The lowest BCUT2D eigenvalue weighted by Gasteiger charge is -2.25. The average Bonchev–Trinajstić information content (AvgIpc) is 2.13. The summed E-state index contributed by atoms with van der Waals surface area (Å²) in [5, 5.41) is 8.61. The van der Waals surface area contributed by atoms with E-state index in [9.17, 15) is 13.9 Å². The normalized spacial score (nSPS) is 12.2. The lowest BCUT2D eigenvalue weighted by atomic mass is 10.2. The van der Waals surface area contributed by atoms with Gasteiger partial charge in [-0.15, -0.1) is 0 Å². The Labute approximate surface area is 101 Å². The molecule has 1 aromatic carbocycles. The summed E-state index contributed by atoms with van der Waals surface area (Å²) in [4.78, 5) is 46.0. The summed E-state index contributed by atoms with van der Waals surface area (Å²) < 4.78 is 21.6. The van der Waals surface area contributed by atoms with Crippen LogP contribution in [0.4, 0.5) is 5.69 Å². The van der Waals surface area contributed by atoms with Gasteiger partial charge in [-0.05, 0) is 24.3 Å². The number of hydrogen-bond donors (Lipinski definition) is 5. The molecule has 5 N–H and O–H groups in total. The number of benzene rings is 1. The molecule has 0 aromatic heterocycles. The van der Waals surface area contributed by atoms with Gasteiger partial charge in [-0.25, -0.2) is 13.9 Å². The Kier molecular flexibility index (Phi) is 3.97. The molecular formula is C7H9NO8P2. The van der Waals surface area contributed by atoms with Gasteiger partial charge in [0.15, 0.2) is 0 Å². The molecule has 0 saturated carbocycles. The highest BCUT2D eigenvalue weighted by Gasteiger charge is 2.39. The molecule has 0 radical (unpaired) electrons. The minimum Gasteiger partial charge on any atom is -0.478 e. The smallest absolute Gasteiger partial charge is 0.439 e. The third kappa shape index (κ3) is 3.39. The number of carboxylic acids is 1. The van der Waals surface area contributed by atoms with E-state index in [1.165, 1.54) is 0 Å². The van der Waals surface area contributed by atoms with Crippen LogP contribution in [-0.4, -0.2) is 30.6 Å². The largest absolute Gasteiger partial charge is 0.478 e. The van der Waals surface area contributed by atoms with Gasteiger partial charge in [0.2, 0.25) is 0 Å². The van der Waals surface area contributed by atoms with E-state index in [1.807, 2.05) is 0 Å². The highest BCUT2D eigenvalue weighted by molar-refractivity contribution is 7.72. The minimum atomic E-state index is -5.24.